The molecule has 2 aromatic carbocycles. The van der Waals surface area contributed by atoms with Crippen molar-refractivity contribution in [3.8, 4) is 11.5 Å². The van der Waals surface area contributed by atoms with Gasteiger partial charge in [0, 0.05) is 47.1 Å². The smallest absolute Gasteiger partial charge is 0.247 e. The number of aliphatic hydroxyl groups excluding tert-OH is 2. The number of hydrogen-bond donors (Lipinski definition) is 3. The van der Waals surface area contributed by atoms with Crippen LogP contribution < -0.4 is 14.8 Å². The lowest BCUT2D eigenvalue weighted by Crippen LogP contribution is -2.54. The summed E-state index contributed by atoms with van der Waals surface area (Å²) in [6, 6.07) is 7.35. The minimum atomic E-state index is -1.24. The maximum absolute atomic E-state index is 14.0. The van der Waals surface area contributed by atoms with E-state index in [0.29, 0.717) is 48.9 Å². The number of aliphatic hydroxyl groups is 2. The molecule has 0 heterocycles. The van der Waals surface area contributed by atoms with Crippen LogP contribution in [0.25, 0.3) is 0 Å². The minimum Gasteiger partial charge on any atom is -0.493 e. The van der Waals surface area contributed by atoms with Crippen LogP contribution in [0, 0.1) is 9.49 Å². The number of ether oxygens (including phenoxy) is 2. The molecule has 44 heavy (non-hydrogen) atoms. The molecule has 0 spiro atoms. The van der Waals surface area contributed by atoms with Crippen LogP contribution in [-0.2, 0) is 16.1 Å². The van der Waals surface area contributed by atoms with Crippen LogP contribution in [0.5, 0.6) is 11.5 Å². The van der Waals surface area contributed by atoms with E-state index in [2.05, 4.69) is 5.32 Å². The second kappa shape index (κ2) is 16.3. The van der Waals surface area contributed by atoms with Crippen molar-refractivity contribution in [2.24, 2.45) is 5.92 Å². The fourth-order valence-corrected chi connectivity index (χ4v) is 7.05. The van der Waals surface area contributed by atoms with Crippen molar-refractivity contribution in [3.05, 3.63) is 66.7 Å². The summed E-state index contributed by atoms with van der Waals surface area (Å²) < 4.78 is 12.4. The van der Waals surface area contributed by atoms with Gasteiger partial charge in [0.05, 0.1) is 23.3 Å². The average molecular weight is 759 g/mol. The predicted octanol–water partition coefficient (Wildman–Crippen LogP) is 5.33. The molecule has 4 rings (SSSR count). The number of aldehydes is 1. The van der Waals surface area contributed by atoms with Gasteiger partial charge in [-0.05, 0) is 70.8 Å². The summed E-state index contributed by atoms with van der Waals surface area (Å²) in [6.07, 6.45) is 5.54. The van der Waals surface area contributed by atoms with E-state index in [1.165, 1.54) is 19.3 Å². The Labute approximate surface area is 281 Å². The van der Waals surface area contributed by atoms with Crippen LogP contribution in [-0.4, -0.2) is 71.7 Å². The molecule has 12 heteroatoms. The van der Waals surface area contributed by atoms with Crippen molar-refractivity contribution < 1.29 is 34.1 Å². The standard InChI is InChI=1S/C32H37Cl2IN2O7/c1-43-28-13-20(18-39)12-25(35)31(28)44-27-15-22(32(42)36-10-11-38)14-26(30(27)41)37(17-21-7-8-23(33)16-24(21)34)29(40)9-6-19-4-2-3-5-19/h7-8,12-13,15-16,18-19,26-27,30,38,41H,2-6,9-11,14,17H2,1H3,(H,36,42)/t26-,27+,30+/m1/s1. The van der Waals surface area contributed by atoms with E-state index in [-0.39, 0.29) is 43.5 Å². The van der Waals surface area contributed by atoms with E-state index >= 15 is 0 Å². The summed E-state index contributed by atoms with van der Waals surface area (Å²) >= 11 is 14.7. The first-order valence-electron chi connectivity index (χ1n) is 14.7. The Bertz CT molecular complexity index is 1380. The van der Waals surface area contributed by atoms with E-state index in [1.807, 2.05) is 22.6 Å². The maximum Gasteiger partial charge on any atom is 0.247 e. The number of nitrogens with zero attached hydrogens (tertiary/aromatic N) is 1. The highest BCUT2D eigenvalue weighted by Crippen LogP contribution is 2.38. The van der Waals surface area contributed by atoms with Crippen LogP contribution >= 0.6 is 45.8 Å². The number of carbonyl (C=O) groups is 3. The highest BCUT2D eigenvalue weighted by atomic mass is 127. The summed E-state index contributed by atoms with van der Waals surface area (Å²) in [4.78, 5) is 40.2. The van der Waals surface area contributed by atoms with Gasteiger partial charge in [-0.25, -0.2) is 0 Å². The summed E-state index contributed by atoms with van der Waals surface area (Å²) in [5.74, 6) is 0.451. The molecule has 2 amide bonds. The van der Waals surface area contributed by atoms with Gasteiger partial charge in [-0.2, -0.15) is 0 Å². The van der Waals surface area contributed by atoms with Gasteiger partial charge in [-0.15, -0.1) is 0 Å². The highest BCUT2D eigenvalue weighted by molar-refractivity contribution is 14.1. The average Bonchev–Trinajstić information content (AvgIpc) is 3.54. The van der Waals surface area contributed by atoms with E-state index in [1.54, 1.807) is 29.2 Å². The zero-order chi connectivity index (χ0) is 31.8. The van der Waals surface area contributed by atoms with Gasteiger partial charge in [0.25, 0.3) is 0 Å². The number of methoxy groups -OCH3 is 1. The third-order valence-corrected chi connectivity index (χ3v) is 9.56. The summed E-state index contributed by atoms with van der Waals surface area (Å²) in [5.41, 5.74) is 1.34. The molecule has 3 N–H and O–H groups in total. The Morgan fingerprint density at radius 3 is 2.59 bits per heavy atom. The summed E-state index contributed by atoms with van der Waals surface area (Å²) in [5, 5.41) is 24.6. The van der Waals surface area contributed by atoms with Crippen molar-refractivity contribution >= 4 is 63.9 Å². The van der Waals surface area contributed by atoms with Gasteiger partial charge in [0.1, 0.15) is 18.5 Å². The molecule has 3 atom stereocenters. The quantitative estimate of drug-likeness (QED) is 0.186. The third-order valence-electron chi connectivity index (χ3n) is 8.17. The lowest BCUT2D eigenvalue weighted by atomic mass is 9.87. The second-order valence-corrected chi connectivity index (χ2v) is 13.1. The number of hydrogen-bond acceptors (Lipinski definition) is 7. The fraction of sp³-hybridized carbons (Fsp3) is 0.469. The third kappa shape index (κ3) is 8.66. The van der Waals surface area contributed by atoms with E-state index < -0.39 is 24.2 Å². The van der Waals surface area contributed by atoms with Gasteiger partial charge < -0.3 is 29.9 Å². The van der Waals surface area contributed by atoms with Crippen LogP contribution in [0.1, 0.15) is 60.9 Å². The monoisotopic (exact) mass is 758 g/mol. The lowest BCUT2D eigenvalue weighted by molar-refractivity contribution is -0.139. The maximum atomic E-state index is 14.0. The van der Waals surface area contributed by atoms with Gasteiger partial charge >= 0.3 is 0 Å². The van der Waals surface area contributed by atoms with Crippen molar-refractivity contribution in [2.45, 2.75) is 69.7 Å². The number of amides is 2. The predicted molar refractivity (Wildman–Crippen MR) is 176 cm³/mol. The Morgan fingerprint density at radius 1 is 1.18 bits per heavy atom. The largest absolute Gasteiger partial charge is 0.493 e. The van der Waals surface area contributed by atoms with Crippen molar-refractivity contribution in [3.63, 3.8) is 0 Å². The molecular weight excluding hydrogens is 722 g/mol. The minimum absolute atomic E-state index is 0.0399. The molecule has 0 unspecified atom stereocenters. The molecule has 2 aliphatic rings. The molecule has 1 fully saturated rings. The Hall–Kier alpha value is -2.38. The first kappa shape index (κ1) is 34.5. The Kier molecular flexibility index (Phi) is 12.7. The lowest BCUT2D eigenvalue weighted by Gasteiger charge is -2.41. The van der Waals surface area contributed by atoms with E-state index in [9.17, 15) is 24.6 Å². The number of carbonyl (C=O) groups excluding carboxylic acids is 3. The van der Waals surface area contributed by atoms with Crippen LogP contribution in [0.4, 0.5) is 0 Å². The van der Waals surface area contributed by atoms with Crippen molar-refractivity contribution in [1.29, 1.82) is 0 Å². The molecule has 0 saturated heterocycles. The van der Waals surface area contributed by atoms with Crippen molar-refractivity contribution in [1.82, 2.24) is 10.2 Å². The molecule has 1 saturated carbocycles. The van der Waals surface area contributed by atoms with Gasteiger partial charge in [0.2, 0.25) is 11.8 Å². The highest BCUT2D eigenvalue weighted by Gasteiger charge is 2.41. The molecular formula is C32H37Cl2IN2O7. The number of benzene rings is 2. The summed E-state index contributed by atoms with van der Waals surface area (Å²) in [7, 11) is 1.44. The van der Waals surface area contributed by atoms with E-state index in [4.69, 9.17) is 32.7 Å². The normalized spacial score (nSPS) is 20.1. The number of nitrogens with one attached hydrogen (secondary N) is 1. The van der Waals surface area contributed by atoms with Crippen LogP contribution in [0.15, 0.2) is 42.0 Å². The van der Waals surface area contributed by atoms with E-state index in [0.717, 1.165) is 32.1 Å². The van der Waals surface area contributed by atoms with Gasteiger partial charge in [-0.3, -0.25) is 14.4 Å². The van der Waals surface area contributed by atoms with Gasteiger partial charge in [-0.1, -0.05) is 55.0 Å². The first-order valence-corrected chi connectivity index (χ1v) is 16.5. The molecule has 0 aliphatic heterocycles. The molecule has 0 radical (unpaired) electrons. The summed E-state index contributed by atoms with van der Waals surface area (Å²) in [6.45, 7) is -0.114. The van der Waals surface area contributed by atoms with Crippen molar-refractivity contribution in [2.75, 3.05) is 20.3 Å². The molecule has 2 aliphatic carbocycles. The molecule has 238 valence electrons. The number of rotatable bonds is 13. The second-order valence-electron chi connectivity index (χ2n) is 11.1. The molecule has 9 nitrogen and oxygen atoms in total. The number of halogens is 3. The first-order chi connectivity index (χ1) is 21.1. The SMILES string of the molecule is COc1cc(C=O)cc(I)c1O[C@H]1C=C(C(=O)NCCO)C[C@@H](N(Cc2ccc(Cl)cc2Cl)C(=O)CCC2CCCC2)[C@@H]1O. The molecule has 0 bridgehead atoms. The van der Waals surface area contributed by atoms with Gasteiger partial charge in [0.15, 0.2) is 11.5 Å². The molecule has 2 aromatic rings. The zero-order valence-electron chi connectivity index (χ0n) is 24.4. The topological polar surface area (TPSA) is 125 Å². The molecule has 0 aromatic heterocycles. The zero-order valence-corrected chi connectivity index (χ0v) is 28.1. The Balaban J connectivity index is 1.71. The van der Waals surface area contributed by atoms with Crippen LogP contribution in [0.2, 0.25) is 10.0 Å². The Morgan fingerprint density at radius 2 is 1.93 bits per heavy atom. The van der Waals surface area contributed by atoms with Crippen LogP contribution in [0.3, 0.4) is 0 Å². The fourth-order valence-electron chi connectivity index (χ4n) is 5.83.